The summed E-state index contributed by atoms with van der Waals surface area (Å²) in [7, 11) is 0. The summed E-state index contributed by atoms with van der Waals surface area (Å²) in [5, 5.41) is 0. The Bertz CT molecular complexity index is 179. The fourth-order valence-corrected chi connectivity index (χ4v) is 1.90. The van der Waals surface area contributed by atoms with Crippen LogP contribution in [0.3, 0.4) is 0 Å². The minimum Gasteiger partial charge on any atom is -0.358 e. The fraction of sp³-hybridized carbons (Fsp3) is 0.750. The van der Waals surface area contributed by atoms with Gasteiger partial charge in [0.15, 0.2) is 0 Å². The minimum absolute atomic E-state index is 0.135. The van der Waals surface area contributed by atoms with E-state index in [-0.39, 0.29) is 5.72 Å². The summed E-state index contributed by atoms with van der Waals surface area (Å²) < 4.78 is 7.77. The average Bonchev–Trinajstić information content (AvgIpc) is 2.09. The summed E-state index contributed by atoms with van der Waals surface area (Å²) >= 11 is 2.30. The second kappa shape index (κ2) is 3.03. The number of rotatable bonds is 1. The minimum atomic E-state index is -0.135. The molecule has 1 aliphatic heterocycles. The summed E-state index contributed by atoms with van der Waals surface area (Å²) in [6.45, 7) is 10.9. The van der Waals surface area contributed by atoms with Gasteiger partial charge in [0.25, 0.3) is 0 Å². The molecule has 0 saturated carbocycles. The lowest BCUT2D eigenvalue weighted by atomic mass is 10.1. The van der Waals surface area contributed by atoms with Crippen LogP contribution in [-0.2, 0) is 4.74 Å². The first-order chi connectivity index (χ1) is 4.95. The Morgan fingerprint density at radius 2 is 2.27 bits per heavy atom. The first kappa shape index (κ1) is 9.48. The van der Waals surface area contributed by atoms with Crippen molar-refractivity contribution < 1.29 is 4.74 Å². The number of hydrogen-bond acceptors (Lipinski definition) is 2. The van der Waals surface area contributed by atoms with Crippen molar-refractivity contribution in [2.75, 3.05) is 6.61 Å². The van der Waals surface area contributed by atoms with E-state index in [0.29, 0.717) is 6.04 Å². The highest BCUT2D eigenvalue weighted by Crippen LogP contribution is 2.33. The van der Waals surface area contributed by atoms with Crippen molar-refractivity contribution in [3.05, 3.63) is 12.2 Å². The van der Waals surface area contributed by atoms with Gasteiger partial charge in [0.05, 0.1) is 12.6 Å². The lowest BCUT2D eigenvalue weighted by Gasteiger charge is -2.27. The van der Waals surface area contributed by atoms with Gasteiger partial charge in [-0.2, -0.15) is 0 Å². The summed E-state index contributed by atoms with van der Waals surface area (Å²) in [6.07, 6.45) is 0. The van der Waals surface area contributed by atoms with Gasteiger partial charge in [-0.25, -0.2) is 3.11 Å². The van der Waals surface area contributed by atoms with Crippen LogP contribution >= 0.6 is 22.9 Å². The molecular weight excluding hydrogens is 253 g/mol. The summed E-state index contributed by atoms with van der Waals surface area (Å²) in [6, 6.07) is 0.380. The molecule has 0 N–H and O–H groups in total. The van der Waals surface area contributed by atoms with E-state index in [0.717, 1.165) is 6.61 Å². The van der Waals surface area contributed by atoms with E-state index in [4.69, 9.17) is 4.74 Å². The molecule has 0 aliphatic carbocycles. The maximum atomic E-state index is 5.58. The van der Waals surface area contributed by atoms with Crippen molar-refractivity contribution >= 4 is 22.9 Å². The third-order valence-corrected chi connectivity index (χ3v) is 3.79. The average molecular weight is 267 g/mol. The molecule has 0 amide bonds. The Labute approximate surface area is 82.1 Å². The van der Waals surface area contributed by atoms with Gasteiger partial charge in [-0.3, -0.25) is 0 Å². The maximum Gasteiger partial charge on any atom is 0.125 e. The van der Waals surface area contributed by atoms with Crippen molar-refractivity contribution in [3.63, 3.8) is 0 Å². The molecule has 1 atom stereocenters. The van der Waals surface area contributed by atoms with Crippen molar-refractivity contribution in [1.82, 2.24) is 3.11 Å². The third-order valence-electron chi connectivity index (χ3n) is 1.95. The molecule has 1 saturated heterocycles. The van der Waals surface area contributed by atoms with Gasteiger partial charge in [-0.15, -0.1) is 0 Å². The molecule has 0 aromatic rings. The van der Waals surface area contributed by atoms with Gasteiger partial charge in [0, 0.05) is 22.9 Å². The van der Waals surface area contributed by atoms with E-state index >= 15 is 0 Å². The highest BCUT2D eigenvalue weighted by Gasteiger charge is 2.39. The van der Waals surface area contributed by atoms with Crippen molar-refractivity contribution in [3.8, 4) is 0 Å². The summed E-state index contributed by atoms with van der Waals surface area (Å²) in [5.74, 6) is 0. The van der Waals surface area contributed by atoms with Crippen LogP contribution in [0.25, 0.3) is 0 Å². The van der Waals surface area contributed by atoms with Gasteiger partial charge in [0.2, 0.25) is 0 Å². The molecule has 3 heteroatoms. The van der Waals surface area contributed by atoms with Gasteiger partial charge in [-0.05, 0) is 20.8 Å². The lowest BCUT2D eigenvalue weighted by Crippen LogP contribution is -2.35. The molecule has 2 nitrogen and oxygen atoms in total. The van der Waals surface area contributed by atoms with E-state index in [2.05, 4.69) is 46.4 Å². The van der Waals surface area contributed by atoms with Crippen LogP contribution in [0.2, 0.25) is 0 Å². The molecule has 1 fully saturated rings. The summed E-state index contributed by atoms with van der Waals surface area (Å²) in [5.41, 5.74) is 1.04. The fourth-order valence-electron chi connectivity index (χ4n) is 1.12. The number of nitrogens with zero attached hydrogens (tertiary/aromatic N) is 1. The Morgan fingerprint density at radius 3 is 2.45 bits per heavy atom. The van der Waals surface area contributed by atoms with Crippen molar-refractivity contribution in [2.24, 2.45) is 0 Å². The zero-order valence-electron chi connectivity index (χ0n) is 7.22. The SMILES string of the molecule is C=C(C)[C@H]1COC(C)(C)N1I. The second-order valence-electron chi connectivity index (χ2n) is 3.43. The molecule has 0 spiro atoms. The molecule has 0 aromatic carbocycles. The van der Waals surface area contributed by atoms with E-state index in [9.17, 15) is 0 Å². The molecule has 1 rings (SSSR count). The Morgan fingerprint density at radius 1 is 1.73 bits per heavy atom. The zero-order chi connectivity index (χ0) is 8.65. The molecule has 0 unspecified atom stereocenters. The lowest BCUT2D eigenvalue weighted by molar-refractivity contribution is -0.00477. The molecule has 64 valence electrons. The van der Waals surface area contributed by atoms with E-state index < -0.39 is 0 Å². The maximum absolute atomic E-state index is 5.58. The predicted octanol–water partition coefficient (Wildman–Crippen LogP) is 2.35. The monoisotopic (exact) mass is 267 g/mol. The van der Waals surface area contributed by atoms with Gasteiger partial charge >= 0.3 is 0 Å². The molecule has 1 aliphatic rings. The van der Waals surface area contributed by atoms with Crippen LogP contribution in [0.5, 0.6) is 0 Å². The Kier molecular flexibility index (Phi) is 2.61. The van der Waals surface area contributed by atoms with Crippen molar-refractivity contribution in [1.29, 1.82) is 0 Å². The molecular formula is C8H14INO. The topological polar surface area (TPSA) is 12.5 Å². The largest absolute Gasteiger partial charge is 0.358 e. The number of hydrogen-bond donors (Lipinski definition) is 0. The first-order valence-corrected chi connectivity index (χ1v) is 4.66. The number of halogens is 1. The van der Waals surface area contributed by atoms with E-state index in [1.165, 1.54) is 5.57 Å². The van der Waals surface area contributed by atoms with Crippen LogP contribution < -0.4 is 0 Å². The summed E-state index contributed by atoms with van der Waals surface area (Å²) in [4.78, 5) is 0. The van der Waals surface area contributed by atoms with E-state index in [1.54, 1.807) is 0 Å². The molecule has 0 aromatic heterocycles. The standard InChI is InChI=1S/C8H14INO/c1-6(2)7-5-11-8(3,4)10(7)9/h7H,1,5H2,2-4H3/t7-/m1/s1. The quantitative estimate of drug-likeness (QED) is 0.411. The smallest absolute Gasteiger partial charge is 0.125 e. The van der Waals surface area contributed by atoms with Crippen LogP contribution in [0.4, 0.5) is 0 Å². The van der Waals surface area contributed by atoms with Crippen LogP contribution in [0.1, 0.15) is 20.8 Å². The highest BCUT2D eigenvalue weighted by atomic mass is 127. The predicted molar refractivity (Wildman–Crippen MR) is 54.5 cm³/mol. The van der Waals surface area contributed by atoms with Crippen LogP contribution in [-0.4, -0.2) is 21.5 Å². The normalized spacial score (nSPS) is 30.7. The number of ether oxygens (including phenoxy) is 1. The zero-order valence-corrected chi connectivity index (χ0v) is 9.38. The van der Waals surface area contributed by atoms with Gasteiger partial charge < -0.3 is 4.74 Å². The molecule has 1 heterocycles. The first-order valence-electron chi connectivity index (χ1n) is 3.69. The molecule has 0 radical (unpaired) electrons. The molecule has 11 heavy (non-hydrogen) atoms. The Hall–Kier alpha value is 0.390. The third kappa shape index (κ3) is 1.76. The van der Waals surface area contributed by atoms with E-state index in [1.807, 2.05) is 6.92 Å². The van der Waals surface area contributed by atoms with Gasteiger partial charge in [-0.1, -0.05) is 12.2 Å². The van der Waals surface area contributed by atoms with Crippen LogP contribution in [0, 0.1) is 0 Å². The van der Waals surface area contributed by atoms with Crippen molar-refractivity contribution in [2.45, 2.75) is 32.5 Å². The van der Waals surface area contributed by atoms with Crippen LogP contribution in [0.15, 0.2) is 12.2 Å². The Balaban J connectivity index is 2.71. The second-order valence-corrected chi connectivity index (χ2v) is 4.47. The van der Waals surface area contributed by atoms with Gasteiger partial charge in [0.1, 0.15) is 5.72 Å². The molecule has 0 bridgehead atoms. The highest BCUT2D eigenvalue weighted by molar-refractivity contribution is 14.1.